The van der Waals surface area contributed by atoms with Crippen molar-refractivity contribution in [2.45, 2.75) is 39.8 Å². The lowest BCUT2D eigenvalue weighted by Gasteiger charge is -2.18. The Bertz CT molecular complexity index is 470. The predicted octanol–water partition coefficient (Wildman–Crippen LogP) is 3.90. The van der Waals surface area contributed by atoms with Crippen molar-refractivity contribution in [3.63, 3.8) is 0 Å². The minimum atomic E-state index is 0.189. The van der Waals surface area contributed by atoms with Gasteiger partial charge in [-0.1, -0.05) is 0 Å². The van der Waals surface area contributed by atoms with Crippen LogP contribution in [0.25, 0.3) is 0 Å². The summed E-state index contributed by atoms with van der Waals surface area (Å²) in [5.74, 6) is 2.89. The third kappa shape index (κ3) is 2.61. The Kier molecular flexibility index (Phi) is 3.38. The number of aryl methyl sites for hydroxylation is 2. The van der Waals surface area contributed by atoms with Crippen LogP contribution in [0.5, 0.6) is 0 Å². The first-order valence-corrected chi connectivity index (χ1v) is 5.94. The molecule has 0 saturated heterocycles. The molecule has 2 aromatic rings. The Morgan fingerprint density at radius 2 is 1.94 bits per heavy atom. The van der Waals surface area contributed by atoms with Crippen molar-refractivity contribution in [2.75, 3.05) is 0 Å². The molecule has 0 amide bonds. The maximum absolute atomic E-state index is 5.54. The second-order valence-electron chi connectivity index (χ2n) is 4.49. The van der Waals surface area contributed by atoms with E-state index < -0.39 is 0 Å². The summed E-state index contributed by atoms with van der Waals surface area (Å²) < 4.78 is 10.9. The summed E-state index contributed by atoms with van der Waals surface area (Å²) in [5.41, 5.74) is 1.21. The molecular formula is C14H19NO2. The topological polar surface area (TPSA) is 38.3 Å². The highest BCUT2D eigenvalue weighted by molar-refractivity contribution is 5.23. The van der Waals surface area contributed by atoms with Crippen LogP contribution in [0.15, 0.2) is 33.3 Å². The van der Waals surface area contributed by atoms with Crippen molar-refractivity contribution in [1.82, 2.24) is 5.32 Å². The van der Waals surface area contributed by atoms with Gasteiger partial charge < -0.3 is 14.2 Å². The highest BCUT2D eigenvalue weighted by Gasteiger charge is 2.16. The van der Waals surface area contributed by atoms with Gasteiger partial charge in [0.25, 0.3) is 0 Å². The van der Waals surface area contributed by atoms with Crippen LogP contribution in [0, 0.1) is 13.8 Å². The molecule has 2 heterocycles. The highest BCUT2D eigenvalue weighted by atomic mass is 16.3. The molecule has 0 bridgehead atoms. The minimum Gasteiger partial charge on any atom is -0.468 e. The molecule has 17 heavy (non-hydrogen) atoms. The zero-order valence-electron chi connectivity index (χ0n) is 10.8. The fourth-order valence-corrected chi connectivity index (χ4v) is 2.16. The van der Waals surface area contributed by atoms with Crippen molar-refractivity contribution < 1.29 is 8.83 Å². The Balaban J connectivity index is 2.06. The van der Waals surface area contributed by atoms with Crippen molar-refractivity contribution in [2.24, 2.45) is 0 Å². The van der Waals surface area contributed by atoms with E-state index in [1.54, 1.807) is 6.26 Å². The third-order valence-electron chi connectivity index (χ3n) is 3.02. The molecule has 0 aliphatic rings. The van der Waals surface area contributed by atoms with Crippen LogP contribution >= 0.6 is 0 Å². The van der Waals surface area contributed by atoms with Crippen LogP contribution in [0.2, 0.25) is 0 Å². The lowest BCUT2D eigenvalue weighted by Crippen LogP contribution is -2.22. The maximum atomic E-state index is 5.54. The van der Waals surface area contributed by atoms with E-state index >= 15 is 0 Å². The number of rotatable bonds is 4. The van der Waals surface area contributed by atoms with Crippen LogP contribution in [0.3, 0.4) is 0 Å². The van der Waals surface area contributed by atoms with Crippen molar-refractivity contribution >= 4 is 0 Å². The lowest BCUT2D eigenvalue weighted by atomic mass is 10.1. The lowest BCUT2D eigenvalue weighted by molar-refractivity contribution is 0.399. The number of hydrogen-bond donors (Lipinski definition) is 1. The molecule has 2 atom stereocenters. The molecule has 1 N–H and O–H groups in total. The summed E-state index contributed by atoms with van der Waals surface area (Å²) >= 11 is 0. The molecule has 0 aliphatic heterocycles. The molecule has 0 fully saturated rings. The van der Waals surface area contributed by atoms with Crippen molar-refractivity contribution in [3.05, 3.63) is 47.3 Å². The van der Waals surface area contributed by atoms with E-state index in [1.165, 1.54) is 5.56 Å². The monoisotopic (exact) mass is 233 g/mol. The van der Waals surface area contributed by atoms with Crippen molar-refractivity contribution in [1.29, 1.82) is 0 Å². The molecule has 92 valence electrons. The fourth-order valence-electron chi connectivity index (χ4n) is 2.16. The number of furan rings is 2. The van der Waals surface area contributed by atoms with E-state index in [0.717, 1.165) is 17.3 Å². The van der Waals surface area contributed by atoms with Crippen molar-refractivity contribution in [3.8, 4) is 0 Å². The zero-order valence-corrected chi connectivity index (χ0v) is 10.8. The summed E-state index contributed by atoms with van der Waals surface area (Å²) in [5, 5.41) is 3.50. The molecule has 1 unspecified atom stereocenters. The summed E-state index contributed by atoms with van der Waals surface area (Å²) in [6, 6.07) is 6.41. The summed E-state index contributed by atoms with van der Waals surface area (Å²) in [6.45, 7) is 8.20. The van der Waals surface area contributed by atoms with Gasteiger partial charge in [0.05, 0.1) is 12.3 Å². The van der Waals surface area contributed by atoms with Gasteiger partial charge in [0.2, 0.25) is 0 Å². The standard InChI is InChI=1S/C14H19NO2/c1-9-8-13(12(4)17-9)10(2)15-11(3)14-6-5-7-16-14/h5-8,10-11,15H,1-4H3/t10?,11-/m0/s1. The molecule has 3 nitrogen and oxygen atoms in total. The van der Waals surface area contributed by atoms with Gasteiger partial charge in [-0.05, 0) is 45.9 Å². The molecule has 3 heteroatoms. The van der Waals surface area contributed by atoms with Gasteiger partial charge in [0, 0.05) is 11.6 Å². The van der Waals surface area contributed by atoms with E-state index in [2.05, 4.69) is 25.2 Å². The van der Waals surface area contributed by atoms with E-state index in [1.807, 2.05) is 26.0 Å². The van der Waals surface area contributed by atoms with Gasteiger partial charge >= 0.3 is 0 Å². The Morgan fingerprint density at radius 3 is 2.47 bits per heavy atom. The number of hydrogen-bond acceptors (Lipinski definition) is 3. The molecule has 0 spiro atoms. The molecule has 2 rings (SSSR count). The third-order valence-corrected chi connectivity index (χ3v) is 3.02. The zero-order chi connectivity index (χ0) is 12.4. The van der Waals surface area contributed by atoms with E-state index in [4.69, 9.17) is 8.83 Å². The second-order valence-corrected chi connectivity index (χ2v) is 4.49. The Morgan fingerprint density at radius 1 is 1.18 bits per heavy atom. The van der Waals surface area contributed by atoms with Gasteiger partial charge in [-0.3, -0.25) is 0 Å². The average Bonchev–Trinajstić information content (AvgIpc) is 2.87. The predicted molar refractivity (Wildman–Crippen MR) is 66.9 cm³/mol. The van der Waals surface area contributed by atoms with Crippen LogP contribution in [0.1, 0.15) is 48.8 Å². The molecule has 0 aliphatic carbocycles. The first-order valence-electron chi connectivity index (χ1n) is 5.94. The van der Waals surface area contributed by atoms with Gasteiger partial charge in [-0.15, -0.1) is 0 Å². The molecule has 0 aromatic carbocycles. The summed E-state index contributed by atoms with van der Waals surface area (Å²) in [4.78, 5) is 0. The summed E-state index contributed by atoms with van der Waals surface area (Å²) in [6.07, 6.45) is 1.70. The average molecular weight is 233 g/mol. The van der Waals surface area contributed by atoms with E-state index in [-0.39, 0.29) is 12.1 Å². The second kappa shape index (κ2) is 4.80. The maximum Gasteiger partial charge on any atom is 0.120 e. The normalized spacial score (nSPS) is 14.8. The molecule has 0 radical (unpaired) electrons. The van der Waals surface area contributed by atoms with E-state index in [0.29, 0.717) is 0 Å². The van der Waals surface area contributed by atoms with Gasteiger partial charge in [0.1, 0.15) is 17.3 Å². The minimum absolute atomic E-state index is 0.189. The van der Waals surface area contributed by atoms with Gasteiger partial charge in [-0.25, -0.2) is 0 Å². The van der Waals surface area contributed by atoms with Gasteiger partial charge in [0.15, 0.2) is 0 Å². The smallest absolute Gasteiger partial charge is 0.120 e. The highest BCUT2D eigenvalue weighted by Crippen LogP contribution is 2.24. The molecular weight excluding hydrogens is 214 g/mol. The molecule has 2 aromatic heterocycles. The first-order chi connectivity index (χ1) is 8.08. The quantitative estimate of drug-likeness (QED) is 0.870. The Hall–Kier alpha value is -1.48. The fraction of sp³-hybridized carbons (Fsp3) is 0.429. The van der Waals surface area contributed by atoms with Crippen LogP contribution in [-0.2, 0) is 0 Å². The van der Waals surface area contributed by atoms with Crippen LogP contribution in [0.4, 0.5) is 0 Å². The van der Waals surface area contributed by atoms with Crippen LogP contribution < -0.4 is 5.32 Å². The van der Waals surface area contributed by atoms with E-state index in [9.17, 15) is 0 Å². The van der Waals surface area contributed by atoms with Crippen LogP contribution in [-0.4, -0.2) is 0 Å². The van der Waals surface area contributed by atoms with Gasteiger partial charge in [-0.2, -0.15) is 0 Å². The Labute approximate surface area is 102 Å². The first kappa shape index (κ1) is 12.0. The summed E-state index contributed by atoms with van der Waals surface area (Å²) in [7, 11) is 0. The SMILES string of the molecule is Cc1cc(C(C)N[C@@H](C)c2ccco2)c(C)o1. The number of nitrogens with one attached hydrogen (secondary N) is 1. The largest absolute Gasteiger partial charge is 0.468 e. The molecule has 0 saturated carbocycles.